The van der Waals surface area contributed by atoms with Gasteiger partial charge in [0.2, 0.25) is 0 Å². The summed E-state index contributed by atoms with van der Waals surface area (Å²) in [6, 6.07) is 5.69. The first kappa shape index (κ1) is 21.3. The summed E-state index contributed by atoms with van der Waals surface area (Å²) in [7, 11) is 3.30. The van der Waals surface area contributed by atoms with E-state index < -0.39 is 0 Å². The molecule has 0 radical (unpaired) electrons. The van der Waals surface area contributed by atoms with Crippen LogP contribution in [0, 0.1) is 13.8 Å². The first-order chi connectivity index (χ1) is 13.5. The van der Waals surface area contributed by atoms with Crippen LogP contribution in [0.1, 0.15) is 30.7 Å². The van der Waals surface area contributed by atoms with Crippen LogP contribution in [0.25, 0.3) is 0 Å². The number of guanidine groups is 1. The standard InChI is InChI=1S/C21H30N4O3/c1-7-22-21(24-13-17-15(4)20(27-6)14(3)12-23-17)25-16-9-10-18(26-5)19(11-16)28-8-2/h9-12H,7-8,13H2,1-6H3,(H2,22,24,25). The van der Waals surface area contributed by atoms with Crippen LogP contribution >= 0.6 is 0 Å². The summed E-state index contributed by atoms with van der Waals surface area (Å²) < 4.78 is 16.5. The van der Waals surface area contributed by atoms with Crippen LogP contribution < -0.4 is 24.8 Å². The van der Waals surface area contributed by atoms with Crippen LogP contribution in [-0.4, -0.2) is 38.3 Å². The molecular formula is C21H30N4O3. The Bertz CT molecular complexity index is 822. The number of aliphatic imine (C=N–C) groups is 1. The zero-order valence-corrected chi connectivity index (χ0v) is 17.5. The van der Waals surface area contributed by atoms with Gasteiger partial charge in [0.15, 0.2) is 17.5 Å². The van der Waals surface area contributed by atoms with Crippen LogP contribution in [-0.2, 0) is 6.54 Å². The average Bonchev–Trinajstić information content (AvgIpc) is 2.68. The molecule has 0 bridgehead atoms. The number of aryl methyl sites for hydroxylation is 1. The van der Waals surface area contributed by atoms with Gasteiger partial charge in [-0.15, -0.1) is 0 Å². The maximum atomic E-state index is 5.64. The second-order valence-corrected chi connectivity index (χ2v) is 6.16. The summed E-state index contributed by atoms with van der Waals surface area (Å²) in [5, 5.41) is 6.55. The molecule has 0 aliphatic carbocycles. The normalized spacial score (nSPS) is 11.1. The highest BCUT2D eigenvalue weighted by molar-refractivity contribution is 5.93. The summed E-state index contributed by atoms with van der Waals surface area (Å²) in [6.07, 6.45) is 1.81. The molecule has 1 heterocycles. The minimum atomic E-state index is 0.437. The number of ether oxygens (including phenoxy) is 3. The molecule has 28 heavy (non-hydrogen) atoms. The highest BCUT2D eigenvalue weighted by Gasteiger charge is 2.10. The van der Waals surface area contributed by atoms with E-state index in [-0.39, 0.29) is 0 Å². The maximum Gasteiger partial charge on any atom is 0.196 e. The van der Waals surface area contributed by atoms with Gasteiger partial charge >= 0.3 is 0 Å². The Morgan fingerprint density at radius 3 is 2.54 bits per heavy atom. The van der Waals surface area contributed by atoms with E-state index in [2.05, 4.69) is 20.6 Å². The monoisotopic (exact) mass is 386 g/mol. The van der Waals surface area contributed by atoms with Gasteiger partial charge in [-0.25, -0.2) is 4.99 Å². The lowest BCUT2D eigenvalue weighted by Gasteiger charge is -2.15. The second kappa shape index (κ2) is 10.4. The average molecular weight is 386 g/mol. The van der Waals surface area contributed by atoms with E-state index in [0.29, 0.717) is 30.6 Å². The van der Waals surface area contributed by atoms with Gasteiger partial charge in [0.25, 0.3) is 0 Å². The minimum absolute atomic E-state index is 0.437. The highest BCUT2D eigenvalue weighted by atomic mass is 16.5. The van der Waals surface area contributed by atoms with Gasteiger partial charge in [-0.3, -0.25) is 4.98 Å². The largest absolute Gasteiger partial charge is 0.496 e. The summed E-state index contributed by atoms with van der Waals surface area (Å²) in [6.45, 7) is 9.69. The smallest absolute Gasteiger partial charge is 0.196 e. The van der Waals surface area contributed by atoms with Crippen molar-refractivity contribution in [1.29, 1.82) is 0 Å². The lowest BCUT2D eigenvalue weighted by Crippen LogP contribution is -2.30. The summed E-state index contributed by atoms with van der Waals surface area (Å²) in [4.78, 5) is 9.17. The number of pyridine rings is 1. The molecule has 7 nitrogen and oxygen atoms in total. The Balaban J connectivity index is 2.23. The van der Waals surface area contributed by atoms with Crippen LogP contribution in [0.3, 0.4) is 0 Å². The number of benzene rings is 1. The molecule has 1 aromatic carbocycles. The number of rotatable bonds is 8. The number of nitrogens with zero attached hydrogens (tertiary/aromatic N) is 2. The number of hydrogen-bond acceptors (Lipinski definition) is 5. The van der Waals surface area contributed by atoms with Crippen LogP contribution in [0.2, 0.25) is 0 Å². The fraction of sp³-hybridized carbons (Fsp3) is 0.429. The molecule has 0 spiro atoms. The molecule has 0 fully saturated rings. The van der Waals surface area contributed by atoms with Crippen molar-refractivity contribution in [1.82, 2.24) is 10.3 Å². The predicted octanol–water partition coefficient (Wildman–Crippen LogP) is 3.69. The number of hydrogen-bond donors (Lipinski definition) is 2. The van der Waals surface area contributed by atoms with Crippen LogP contribution in [0.4, 0.5) is 5.69 Å². The molecule has 0 aliphatic heterocycles. The third kappa shape index (κ3) is 5.28. The lowest BCUT2D eigenvalue weighted by atomic mass is 10.1. The lowest BCUT2D eigenvalue weighted by molar-refractivity contribution is 0.311. The molecule has 7 heteroatoms. The number of methoxy groups -OCH3 is 2. The molecule has 0 saturated heterocycles. The molecule has 0 amide bonds. The molecule has 0 aliphatic rings. The van der Waals surface area contributed by atoms with Gasteiger partial charge < -0.3 is 24.8 Å². The van der Waals surface area contributed by atoms with Crippen molar-refractivity contribution in [2.45, 2.75) is 34.2 Å². The minimum Gasteiger partial charge on any atom is -0.496 e. The molecule has 1 aromatic heterocycles. The van der Waals surface area contributed by atoms with Crippen molar-refractivity contribution in [2.75, 3.05) is 32.7 Å². The Kier molecular flexibility index (Phi) is 7.92. The molecule has 2 N–H and O–H groups in total. The first-order valence-corrected chi connectivity index (χ1v) is 9.39. The summed E-state index contributed by atoms with van der Waals surface area (Å²) in [5.41, 5.74) is 3.75. The van der Waals surface area contributed by atoms with Crippen molar-refractivity contribution >= 4 is 11.6 Å². The zero-order chi connectivity index (χ0) is 20.5. The molecule has 152 valence electrons. The molecule has 0 saturated carbocycles. The van der Waals surface area contributed by atoms with Crippen molar-refractivity contribution in [3.63, 3.8) is 0 Å². The van der Waals surface area contributed by atoms with E-state index in [4.69, 9.17) is 14.2 Å². The fourth-order valence-electron chi connectivity index (χ4n) is 2.85. The Morgan fingerprint density at radius 1 is 1.11 bits per heavy atom. The van der Waals surface area contributed by atoms with Gasteiger partial charge in [-0.05, 0) is 39.8 Å². The molecule has 2 aromatic rings. The van der Waals surface area contributed by atoms with E-state index in [9.17, 15) is 0 Å². The van der Waals surface area contributed by atoms with Crippen molar-refractivity contribution in [2.24, 2.45) is 4.99 Å². The summed E-state index contributed by atoms with van der Waals surface area (Å²) >= 11 is 0. The topological polar surface area (TPSA) is 77.0 Å². The van der Waals surface area contributed by atoms with Gasteiger partial charge in [0.1, 0.15) is 5.75 Å². The third-order valence-electron chi connectivity index (χ3n) is 4.21. The quantitative estimate of drug-likeness (QED) is 0.532. The Hall–Kier alpha value is -2.96. The molecule has 2 rings (SSSR count). The number of nitrogens with one attached hydrogen (secondary N) is 2. The second-order valence-electron chi connectivity index (χ2n) is 6.16. The van der Waals surface area contributed by atoms with E-state index in [1.807, 2.05) is 52.1 Å². The Labute approximate surface area is 167 Å². The molecular weight excluding hydrogens is 356 g/mol. The van der Waals surface area contributed by atoms with Gasteiger partial charge in [0, 0.05) is 35.6 Å². The van der Waals surface area contributed by atoms with E-state index in [1.54, 1.807) is 14.2 Å². The van der Waals surface area contributed by atoms with E-state index in [1.165, 1.54) is 0 Å². The van der Waals surface area contributed by atoms with Crippen molar-refractivity contribution in [3.05, 3.63) is 41.2 Å². The highest BCUT2D eigenvalue weighted by Crippen LogP contribution is 2.30. The number of anilines is 1. The van der Waals surface area contributed by atoms with Gasteiger partial charge in [-0.2, -0.15) is 0 Å². The molecule has 0 atom stereocenters. The fourth-order valence-corrected chi connectivity index (χ4v) is 2.85. The van der Waals surface area contributed by atoms with Gasteiger partial charge in [-0.1, -0.05) is 0 Å². The first-order valence-electron chi connectivity index (χ1n) is 9.39. The van der Waals surface area contributed by atoms with E-state index >= 15 is 0 Å². The van der Waals surface area contributed by atoms with Crippen LogP contribution in [0.15, 0.2) is 29.4 Å². The van der Waals surface area contributed by atoms with Crippen molar-refractivity contribution in [3.8, 4) is 17.2 Å². The third-order valence-corrected chi connectivity index (χ3v) is 4.21. The van der Waals surface area contributed by atoms with Crippen molar-refractivity contribution < 1.29 is 14.2 Å². The Morgan fingerprint density at radius 2 is 1.89 bits per heavy atom. The predicted molar refractivity (Wildman–Crippen MR) is 113 cm³/mol. The van der Waals surface area contributed by atoms with Gasteiger partial charge in [0.05, 0.1) is 33.1 Å². The van der Waals surface area contributed by atoms with E-state index in [0.717, 1.165) is 34.8 Å². The van der Waals surface area contributed by atoms with Crippen LogP contribution in [0.5, 0.6) is 17.2 Å². The number of aromatic nitrogens is 1. The summed E-state index contributed by atoms with van der Waals surface area (Å²) in [5.74, 6) is 2.90. The zero-order valence-electron chi connectivity index (χ0n) is 17.5. The maximum absolute atomic E-state index is 5.64. The SMILES string of the molecule is CCNC(=NCc1ncc(C)c(OC)c1C)Nc1ccc(OC)c(OCC)c1. The molecule has 0 unspecified atom stereocenters.